The minimum absolute atomic E-state index is 0.00308. The van der Waals surface area contributed by atoms with Gasteiger partial charge >= 0.3 is 0 Å². The summed E-state index contributed by atoms with van der Waals surface area (Å²) < 4.78 is 5.04. The monoisotopic (exact) mass is 412 g/mol. The first-order chi connectivity index (χ1) is 13.8. The highest BCUT2D eigenvalue weighted by Gasteiger charge is 2.22. The van der Waals surface area contributed by atoms with E-state index in [9.17, 15) is 4.79 Å². The van der Waals surface area contributed by atoms with E-state index in [0.717, 1.165) is 22.0 Å². The van der Waals surface area contributed by atoms with Crippen LogP contribution in [0.1, 0.15) is 49.8 Å². The molecule has 1 amide bonds. The number of ether oxygens (including phenoxy) is 1. The van der Waals surface area contributed by atoms with Crippen molar-refractivity contribution in [2.75, 3.05) is 20.3 Å². The van der Waals surface area contributed by atoms with Crippen LogP contribution in [0, 0.1) is 0 Å². The number of aromatic nitrogens is 1. The SMILES string of the molecule is COCCNC(=O)C[C@H](c1ccc(C(C)(C)C)cc1)c1c[nH]c2ccc(Cl)cc12. The molecule has 154 valence electrons. The van der Waals surface area contributed by atoms with E-state index in [1.54, 1.807) is 7.11 Å². The Morgan fingerprint density at radius 2 is 1.90 bits per heavy atom. The first-order valence-electron chi connectivity index (χ1n) is 9.92. The first-order valence-corrected chi connectivity index (χ1v) is 10.3. The summed E-state index contributed by atoms with van der Waals surface area (Å²) in [5, 5.41) is 4.67. The molecule has 29 heavy (non-hydrogen) atoms. The molecule has 0 aliphatic rings. The van der Waals surface area contributed by atoms with Crippen molar-refractivity contribution in [3.63, 3.8) is 0 Å². The molecule has 0 bridgehead atoms. The summed E-state index contributed by atoms with van der Waals surface area (Å²) in [4.78, 5) is 15.9. The number of hydrogen-bond acceptors (Lipinski definition) is 2. The summed E-state index contributed by atoms with van der Waals surface area (Å²) in [6.45, 7) is 7.60. The number of fused-ring (bicyclic) bond motifs is 1. The number of methoxy groups -OCH3 is 1. The number of hydrogen-bond donors (Lipinski definition) is 2. The number of amides is 1. The van der Waals surface area contributed by atoms with Crippen LogP contribution >= 0.6 is 11.6 Å². The van der Waals surface area contributed by atoms with Crippen molar-refractivity contribution in [2.24, 2.45) is 0 Å². The van der Waals surface area contributed by atoms with Gasteiger partial charge in [0.25, 0.3) is 0 Å². The zero-order valence-corrected chi connectivity index (χ0v) is 18.3. The van der Waals surface area contributed by atoms with E-state index in [1.807, 2.05) is 24.4 Å². The largest absolute Gasteiger partial charge is 0.383 e. The molecule has 0 saturated carbocycles. The molecule has 0 radical (unpaired) electrons. The Morgan fingerprint density at radius 1 is 1.17 bits per heavy atom. The molecular weight excluding hydrogens is 384 g/mol. The maximum Gasteiger partial charge on any atom is 0.221 e. The van der Waals surface area contributed by atoms with Crippen LogP contribution in [0.25, 0.3) is 10.9 Å². The molecule has 3 aromatic rings. The molecule has 0 aliphatic carbocycles. The quantitative estimate of drug-likeness (QED) is 0.510. The first kappa shape index (κ1) is 21.4. The third-order valence-electron chi connectivity index (χ3n) is 5.25. The van der Waals surface area contributed by atoms with Crippen molar-refractivity contribution in [1.82, 2.24) is 10.3 Å². The average molecular weight is 413 g/mol. The summed E-state index contributed by atoms with van der Waals surface area (Å²) in [7, 11) is 1.63. The number of carbonyl (C=O) groups is 1. The Bertz CT molecular complexity index is 971. The van der Waals surface area contributed by atoms with Crippen molar-refractivity contribution in [3.8, 4) is 0 Å². The van der Waals surface area contributed by atoms with Crippen LogP contribution < -0.4 is 5.32 Å². The normalized spacial score (nSPS) is 12.9. The molecule has 4 nitrogen and oxygen atoms in total. The van der Waals surface area contributed by atoms with Crippen LogP contribution in [0.5, 0.6) is 0 Å². The van der Waals surface area contributed by atoms with Crippen LogP contribution in [0.2, 0.25) is 5.02 Å². The van der Waals surface area contributed by atoms with Crippen molar-refractivity contribution in [3.05, 3.63) is 70.4 Å². The summed E-state index contributed by atoms with van der Waals surface area (Å²) in [5.41, 5.74) is 4.56. The zero-order chi connectivity index (χ0) is 21.0. The fourth-order valence-electron chi connectivity index (χ4n) is 3.58. The minimum Gasteiger partial charge on any atom is -0.383 e. The van der Waals surface area contributed by atoms with E-state index in [-0.39, 0.29) is 17.2 Å². The summed E-state index contributed by atoms with van der Waals surface area (Å²) in [6.07, 6.45) is 2.35. The van der Waals surface area contributed by atoms with Crippen LogP contribution in [0.15, 0.2) is 48.7 Å². The lowest BCUT2D eigenvalue weighted by atomic mass is 9.83. The fraction of sp³-hybridized carbons (Fsp3) is 0.375. The van der Waals surface area contributed by atoms with Crippen molar-refractivity contribution >= 4 is 28.4 Å². The lowest BCUT2D eigenvalue weighted by Crippen LogP contribution is -2.28. The van der Waals surface area contributed by atoms with Gasteiger partial charge in [0.15, 0.2) is 0 Å². The van der Waals surface area contributed by atoms with Crippen LogP contribution in [0.3, 0.4) is 0 Å². The smallest absolute Gasteiger partial charge is 0.221 e. The van der Waals surface area contributed by atoms with Gasteiger partial charge in [-0.1, -0.05) is 56.6 Å². The molecule has 0 unspecified atom stereocenters. The molecule has 1 heterocycles. The molecule has 0 spiro atoms. The van der Waals surface area contributed by atoms with Crippen molar-refractivity contribution in [2.45, 2.75) is 38.5 Å². The number of H-pyrrole nitrogens is 1. The maximum absolute atomic E-state index is 12.6. The predicted octanol–water partition coefficient (Wildman–Crippen LogP) is 5.40. The molecule has 1 aromatic heterocycles. The molecule has 3 rings (SSSR count). The van der Waals surface area contributed by atoms with Gasteiger partial charge in [-0.05, 0) is 40.3 Å². The van der Waals surface area contributed by atoms with Crippen LogP contribution in [-0.2, 0) is 14.9 Å². The van der Waals surface area contributed by atoms with Crippen LogP contribution in [0.4, 0.5) is 0 Å². The standard InChI is InChI=1S/C24H29ClN2O2/c1-24(2,3)17-7-5-16(6-8-17)19(14-23(28)26-11-12-29-4)21-15-27-22-10-9-18(25)13-20(21)22/h5-10,13,15,19,27H,11-12,14H2,1-4H3,(H,26,28)/t19-/m1/s1. The Kier molecular flexibility index (Phi) is 6.66. The number of rotatable bonds is 7. The fourth-order valence-corrected chi connectivity index (χ4v) is 3.75. The van der Waals surface area contributed by atoms with Gasteiger partial charge in [-0.2, -0.15) is 0 Å². The highest BCUT2D eigenvalue weighted by molar-refractivity contribution is 6.31. The molecule has 0 aliphatic heterocycles. The highest BCUT2D eigenvalue weighted by atomic mass is 35.5. The highest BCUT2D eigenvalue weighted by Crippen LogP contribution is 2.35. The third-order valence-corrected chi connectivity index (χ3v) is 5.48. The van der Waals surface area contributed by atoms with E-state index in [0.29, 0.717) is 24.6 Å². The average Bonchev–Trinajstić information content (AvgIpc) is 3.08. The van der Waals surface area contributed by atoms with Gasteiger partial charge in [0.1, 0.15) is 0 Å². The third kappa shape index (κ3) is 5.20. The van der Waals surface area contributed by atoms with Gasteiger partial charge < -0.3 is 15.0 Å². The number of aromatic amines is 1. The van der Waals surface area contributed by atoms with Crippen molar-refractivity contribution in [1.29, 1.82) is 0 Å². The van der Waals surface area contributed by atoms with Gasteiger partial charge in [-0.15, -0.1) is 0 Å². The second kappa shape index (κ2) is 9.02. The summed E-state index contributed by atoms with van der Waals surface area (Å²) in [5.74, 6) is -0.0675. The van der Waals surface area contributed by atoms with E-state index in [1.165, 1.54) is 5.56 Å². The van der Waals surface area contributed by atoms with E-state index in [4.69, 9.17) is 16.3 Å². The number of benzene rings is 2. The number of nitrogens with one attached hydrogen (secondary N) is 2. The Morgan fingerprint density at radius 3 is 2.55 bits per heavy atom. The maximum atomic E-state index is 12.6. The van der Waals surface area contributed by atoms with Crippen LogP contribution in [-0.4, -0.2) is 31.2 Å². The number of halogens is 1. The van der Waals surface area contributed by atoms with E-state index in [2.05, 4.69) is 55.3 Å². The summed E-state index contributed by atoms with van der Waals surface area (Å²) in [6, 6.07) is 14.4. The lowest BCUT2D eigenvalue weighted by molar-refractivity contribution is -0.121. The molecule has 2 N–H and O–H groups in total. The molecule has 0 fully saturated rings. The Balaban J connectivity index is 1.97. The second-order valence-electron chi connectivity index (χ2n) is 8.41. The second-order valence-corrected chi connectivity index (χ2v) is 8.84. The van der Waals surface area contributed by atoms with Gasteiger partial charge in [0.05, 0.1) is 6.61 Å². The zero-order valence-electron chi connectivity index (χ0n) is 17.5. The Labute approximate surface area is 177 Å². The predicted molar refractivity (Wildman–Crippen MR) is 120 cm³/mol. The molecule has 2 aromatic carbocycles. The molecule has 0 saturated heterocycles. The summed E-state index contributed by atoms with van der Waals surface area (Å²) >= 11 is 6.25. The molecule has 5 heteroatoms. The Hall–Kier alpha value is -2.30. The topological polar surface area (TPSA) is 54.1 Å². The van der Waals surface area contributed by atoms with E-state index < -0.39 is 0 Å². The van der Waals surface area contributed by atoms with Gasteiger partial charge in [-0.3, -0.25) is 4.79 Å². The van der Waals surface area contributed by atoms with Gasteiger partial charge in [-0.25, -0.2) is 0 Å². The molecular formula is C24H29ClN2O2. The molecule has 1 atom stereocenters. The van der Waals surface area contributed by atoms with Gasteiger partial charge in [0, 0.05) is 48.1 Å². The van der Waals surface area contributed by atoms with Crippen molar-refractivity contribution < 1.29 is 9.53 Å². The number of carbonyl (C=O) groups excluding carboxylic acids is 1. The minimum atomic E-state index is -0.0706. The van der Waals surface area contributed by atoms with E-state index >= 15 is 0 Å². The lowest BCUT2D eigenvalue weighted by Gasteiger charge is -2.22. The van der Waals surface area contributed by atoms with Gasteiger partial charge in [0.2, 0.25) is 5.91 Å².